The molecule has 0 heterocycles. The standard InChI is InChI=1S/C23H20Cl2N2O4S/c1-3-14-27(20-10-6-4-8-17(20)24)32(29,30)22-15-16(12-13-18(22)25)23(28)26-19-9-5-7-11-21(19)31-2/h3-13,15H,1,14H2,2H3,(H,26,28). The van der Waals surface area contributed by atoms with Crippen LogP contribution in [0.1, 0.15) is 10.4 Å². The molecule has 1 amide bonds. The van der Waals surface area contributed by atoms with Gasteiger partial charge < -0.3 is 10.1 Å². The van der Waals surface area contributed by atoms with Gasteiger partial charge in [-0.3, -0.25) is 9.10 Å². The molecule has 1 N–H and O–H groups in total. The molecule has 0 aromatic heterocycles. The monoisotopic (exact) mass is 490 g/mol. The number of nitrogens with zero attached hydrogens (tertiary/aromatic N) is 1. The van der Waals surface area contributed by atoms with Gasteiger partial charge in [-0.2, -0.15) is 0 Å². The lowest BCUT2D eigenvalue weighted by Crippen LogP contribution is -2.32. The molecule has 0 aliphatic carbocycles. The number of ether oxygens (including phenoxy) is 1. The summed E-state index contributed by atoms with van der Waals surface area (Å²) in [7, 11) is -2.68. The first-order valence-corrected chi connectivity index (χ1v) is 11.6. The maximum Gasteiger partial charge on any atom is 0.266 e. The molecule has 0 radical (unpaired) electrons. The normalized spacial score (nSPS) is 11.0. The minimum absolute atomic E-state index is 0.0278. The molecular formula is C23H20Cl2N2O4S. The maximum absolute atomic E-state index is 13.5. The van der Waals surface area contributed by atoms with Crippen LogP contribution in [0.2, 0.25) is 10.0 Å². The van der Waals surface area contributed by atoms with E-state index in [1.807, 2.05) is 0 Å². The molecule has 0 atom stereocenters. The van der Waals surface area contributed by atoms with Crippen LogP contribution in [0.3, 0.4) is 0 Å². The third-order valence-electron chi connectivity index (χ3n) is 4.53. The van der Waals surface area contributed by atoms with E-state index in [0.717, 1.165) is 4.31 Å². The number of hydrogen-bond acceptors (Lipinski definition) is 4. The summed E-state index contributed by atoms with van der Waals surface area (Å²) in [5.74, 6) is -0.0471. The summed E-state index contributed by atoms with van der Waals surface area (Å²) in [6.45, 7) is 3.59. The SMILES string of the molecule is C=CCN(c1ccccc1Cl)S(=O)(=O)c1cc(C(=O)Nc2ccccc2OC)ccc1Cl. The molecule has 0 fully saturated rings. The lowest BCUT2D eigenvalue weighted by molar-refractivity contribution is 0.102. The van der Waals surface area contributed by atoms with Crippen LogP contribution in [-0.2, 0) is 10.0 Å². The average Bonchev–Trinajstić information content (AvgIpc) is 2.78. The quantitative estimate of drug-likeness (QED) is 0.414. The number of carbonyl (C=O) groups excluding carboxylic acids is 1. The van der Waals surface area contributed by atoms with Crippen LogP contribution in [0, 0.1) is 0 Å². The smallest absolute Gasteiger partial charge is 0.266 e. The van der Waals surface area contributed by atoms with E-state index in [1.54, 1.807) is 48.5 Å². The van der Waals surface area contributed by atoms with Gasteiger partial charge in [0.05, 0.1) is 35.1 Å². The number of rotatable bonds is 8. The molecule has 9 heteroatoms. The first kappa shape index (κ1) is 23.7. The Morgan fingerprint density at radius 3 is 2.44 bits per heavy atom. The van der Waals surface area contributed by atoms with Crippen LogP contribution in [0.25, 0.3) is 0 Å². The zero-order chi connectivity index (χ0) is 23.3. The van der Waals surface area contributed by atoms with Gasteiger partial charge in [0.1, 0.15) is 10.6 Å². The highest BCUT2D eigenvalue weighted by Gasteiger charge is 2.29. The molecule has 0 unspecified atom stereocenters. The number of methoxy groups -OCH3 is 1. The van der Waals surface area contributed by atoms with Crippen molar-refractivity contribution >= 4 is 50.5 Å². The first-order valence-electron chi connectivity index (χ1n) is 9.41. The molecule has 0 aliphatic rings. The van der Waals surface area contributed by atoms with Gasteiger partial charge in [0.2, 0.25) is 0 Å². The molecule has 32 heavy (non-hydrogen) atoms. The van der Waals surface area contributed by atoms with E-state index in [0.29, 0.717) is 11.4 Å². The van der Waals surface area contributed by atoms with Gasteiger partial charge in [-0.25, -0.2) is 8.42 Å². The molecule has 3 aromatic rings. The summed E-state index contributed by atoms with van der Waals surface area (Å²) in [6, 6.07) is 17.5. The largest absolute Gasteiger partial charge is 0.495 e. The molecule has 0 saturated heterocycles. The van der Waals surface area contributed by atoms with Crippen molar-refractivity contribution in [2.75, 3.05) is 23.3 Å². The number of benzene rings is 3. The molecule has 6 nitrogen and oxygen atoms in total. The van der Waals surface area contributed by atoms with Gasteiger partial charge in [0.25, 0.3) is 15.9 Å². The minimum atomic E-state index is -4.17. The third-order valence-corrected chi connectivity index (χ3v) is 7.11. The van der Waals surface area contributed by atoms with Gasteiger partial charge in [-0.15, -0.1) is 6.58 Å². The van der Waals surface area contributed by atoms with E-state index >= 15 is 0 Å². The van der Waals surface area contributed by atoms with Crippen LogP contribution in [-0.4, -0.2) is 28.0 Å². The second-order valence-corrected chi connectivity index (χ2v) is 9.22. The van der Waals surface area contributed by atoms with Crippen molar-refractivity contribution in [3.63, 3.8) is 0 Å². The number of hydrogen-bond donors (Lipinski definition) is 1. The molecule has 3 rings (SSSR count). The van der Waals surface area contributed by atoms with Gasteiger partial charge in [0.15, 0.2) is 0 Å². The van der Waals surface area contributed by atoms with E-state index in [2.05, 4.69) is 11.9 Å². The second-order valence-electron chi connectivity index (χ2n) is 6.58. The fourth-order valence-electron chi connectivity index (χ4n) is 3.00. The van der Waals surface area contributed by atoms with Gasteiger partial charge in [-0.05, 0) is 42.5 Å². The Hall–Kier alpha value is -3.00. The molecule has 0 spiro atoms. The highest BCUT2D eigenvalue weighted by atomic mass is 35.5. The fraction of sp³-hybridized carbons (Fsp3) is 0.0870. The van der Waals surface area contributed by atoms with E-state index in [1.165, 1.54) is 31.4 Å². The van der Waals surface area contributed by atoms with E-state index in [9.17, 15) is 13.2 Å². The van der Waals surface area contributed by atoms with Crippen LogP contribution in [0.15, 0.2) is 84.3 Å². The number of anilines is 2. The lowest BCUT2D eigenvalue weighted by atomic mass is 10.2. The molecule has 3 aromatic carbocycles. The van der Waals surface area contributed by atoms with E-state index < -0.39 is 15.9 Å². The van der Waals surface area contributed by atoms with Crippen molar-refractivity contribution < 1.29 is 17.9 Å². The second kappa shape index (κ2) is 10.1. The van der Waals surface area contributed by atoms with Crippen LogP contribution < -0.4 is 14.4 Å². The Morgan fingerprint density at radius 1 is 1.06 bits per heavy atom. The van der Waals surface area contributed by atoms with Crippen LogP contribution in [0.5, 0.6) is 5.75 Å². The van der Waals surface area contributed by atoms with Gasteiger partial charge in [-0.1, -0.05) is 53.5 Å². The number of carbonyl (C=O) groups is 1. The minimum Gasteiger partial charge on any atom is -0.495 e. The molecular weight excluding hydrogens is 471 g/mol. The number of amides is 1. The summed E-state index contributed by atoms with van der Waals surface area (Å²) in [5.41, 5.74) is 0.828. The Morgan fingerprint density at radius 2 is 1.75 bits per heavy atom. The van der Waals surface area contributed by atoms with E-state index in [-0.39, 0.29) is 32.7 Å². The molecule has 0 aliphatic heterocycles. The van der Waals surface area contributed by atoms with Crippen LogP contribution >= 0.6 is 23.2 Å². The summed E-state index contributed by atoms with van der Waals surface area (Å²) in [4.78, 5) is 12.6. The number of nitrogens with one attached hydrogen (secondary N) is 1. The average molecular weight is 491 g/mol. The number of para-hydroxylation sites is 3. The lowest BCUT2D eigenvalue weighted by Gasteiger charge is -2.24. The molecule has 0 bridgehead atoms. The van der Waals surface area contributed by atoms with Crippen molar-refractivity contribution in [2.45, 2.75) is 4.90 Å². The highest BCUT2D eigenvalue weighted by Crippen LogP contribution is 2.33. The Bertz CT molecular complexity index is 1260. The third kappa shape index (κ3) is 4.91. The van der Waals surface area contributed by atoms with Crippen molar-refractivity contribution in [3.05, 3.63) is 95.0 Å². The van der Waals surface area contributed by atoms with Gasteiger partial charge in [0, 0.05) is 5.56 Å². The van der Waals surface area contributed by atoms with Crippen molar-refractivity contribution in [1.29, 1.82) is 0 Å². The fourth-order valence-corrected chi connectivity index (χ4v) is 5.25. The predicted molar refractivity (Wildman–Crippen MR) is 129 cm³/mol. The highest BCUT2D eigenvalue weighted by molar-refractivity contribution is 7.93. The Balaban J connectivity index is 2.02. The van der Waals surface area contributed by atoms with Crippen molar-refractivity contribution in [1.82, 2.24) is 0 Å². The topological polar surface area (TPSA) is 75.7 Å². The Kier molecular flexibility index (Phi) is 7.45. The first-order chi connectivity index (χ1) is 15.3. The summed E-state index contributed by atoms with van der Waals surface area (Å²) >= 11 is 12.5. The number of halogens is 2. The van der Waals surface area contributed by atoms with E-state index in [4.69, 9.17) is 27.9 Å². The maximum atomic E-state index is 13.5. The zero-order valence-corrected chi connectivity index (χ0v) is 19.4. The predicted octanol–water partition coefficient (Wildman–Crippen LogP) is 5.64. The molecule has 166 valence electrons. The van der Waals surface area contributed by atoms with Gasteiger partial charge >= 0.3 is 0 Å². The Labute approximate surface area is 197 Å². The molecule has 0 saturated carbocycles. The van der Waals surface area contributed by atoms with Crippen molar-refractivity contribution in [3.8, 4) is 5.75 Å². The van der Waals surface area contributed by atoms with Crippen LogP contribution in [0.4, 0.5) is 11.4 Å². The summed E-state index contributed by atoms with van der Waals surface area (Å²) in [5, 5.41) is 2.94. The number of sulfonamides is 1. The zero-order valence-electron chi connectivity index (χ0n) is 17.1. The summed E-state index contributed by atoms with van der Waals surface area (Å²) < 4.78 is 33.4. The van der Waals surface area contributed by atoms with Crippen molar-refractivity contribution in [2.24, 2.45) is 0 Å². The summed E-state index contributed by atoms with van der Waals surface area (Å²) in [6.07, 6.45) is 1.44.